The number of amides is 2. The first-order valence-corrected chi connectivity index (χ1v) is 10.8. The molecule has 0 aromatic rings. The van der Waals surface area contributed by atoms with Gasteiger partial charge in [-0.05, 0) is 39.2 Å². The van der Waals surface area contributed by atoms with E-state index in [1.54, 1.807) is 22.0 Å². The van der Waals surface area contributed by atoms with Gasteiger partial charge < -0.3 is 24.4 Å². The number of fused-ring (bicyclic) bond motifs is 2. The number of carbonyl (C=O) groups is 3. The van der Waals surface area contributed by atoms with Crippen LogP contribution in [0.2, 0.25) is 0 Å². The molecule has 2 saturated heterocycles. The Balaban J connectivity index is 1.75. The summed E-state index contributed by atoms with van der Waals surface area (Å²) in [5, 5.41) is 9.06. The Morgan fingerprint density at radius 1 is 1.17 bits per heavy atom. The zero-order valence-corrected chi connectivity index (χ0v) is 17.5. The molecule has 30 heavy (non-hydrogen) atoms. The molecular weight excluding hydrogens is 388 g/mol. The molecule has 0 aromatic carbocycles. The lowest BCUT2D eigenvalue weighted by Gasteiger charge is -2.36. The van der Waals surface area contributed by atoms with Crippen LogP contribution >= 0.6 is 0 Å². The third-order valence-corrected chi connectivity index (χ3v) is 6.63. The fourth-order valence-electron chi connectivity index (χ4n) is 5.26. The summed E-state index contributed by atoms with van der Waals surface area (Å²) in [4.78, 5) is 43.4. The monoisotopic (exact) mass is 418 g/mol. The average molecular weight is 418 g/mol. The number of hydrogen-bond donors (Lipinski definition) is 1. The molecule has 0 aromatic heterocycles. The van der Waals surface area contributed by atoms with Gasteiger partial charge in [-0.1, -0.05) is 18.2 Å². The lowest BCUT2D eigenvalue weighted by molar-refractivity contribution is -0.153. The van der Waals surface area contributed by atoms with Gasteiger partial charge in [0.25, 0.3) is 0 Å². The van der Waals surface area contributed by atoms with Gasteiger partial charge in [-0.3, -0.25) is 14.4 Å². The number of hydrogen-bond acceptors (Lipinski definition) is 6. The molecule has 0 aliphatic carbocycles. The maximum absolute atomic E-state index is 13.6. The number of aliphatic hydroxyl groups excluding tert-OH is 1. The molecule has 0 bridgehead atoms. The second-order valence-corrected chi connectivity index (χ2v) is 8.70. The van der Waals surface area contributed by atoms with Gasteiger partial charge in [0.15, 0.2) is 0 Å². The number of nitrogens with zero attached hydrogens (tertiary/aromatic N) is 2. The molecule has 4 heterocycles. The first kappa shape index (κ1) is 21.1. The molecule has 2 amide bonds. The van der Waals surface area contributed by atoms with Gasteiger partial charge >= 0.3 is 5.97 Å². The number of rotatable bonds is 6. The third-order valence-electron chi connectivity index (χ3n) is 6.63. The second kappa shape index (κ2) is 8.15. The van der Waals surface area contributed by atoms with Crippen molar-refractivity contribution in [3.8, 4) is 0 Å². The average Bonchev–Trinajstić information content (AvgIpc) is 2.99. The minimum Gasteiger partial charge on any atom is -0.461 e. The quantitative estimate of drug-likeness (QED) is 0.387. The predicted molar refractivity (Wildman–Crippen MR) is 107 cm³/mol. The minimum absolute atomic E-state index is 0.0283. The summed E-state index contributed by atoms with van der Waals surface area (Å²) < 4.78 is 11.7. The van der Waals surface area contributed by atoms with Crippen LogP contribution in [0, 0.1) is 11.8 Å². The standard InChI is InChI=1S/C22H30N2O6/c1-14(2)23-11-7-9-22-17(16-15(30-22)8-6-13-29-21(16)28)19(26)24(18(22)20(23)27)10-4-3-5-12-25/h6-9,14-18,25H,3-5,10-13H2,1-2H3/t15-,16+,17+,18?,22+/m1/s1. The maximum atomic E-state index is 13.6. The van der Waals surface area contributed by atoms with Gasteiger partial charge in [0.2, 0.25) is 11.8 Å². The van der Waals surface area contributed by atoms with E-state index in [9.17, 15) is 14.4 Å². The number of ether oxygens (including phenoxy) is 2. The highest BCUT2D eigenvalue weighted by Gasteiger charge is 2.71. The molecule has 1 unspecified atom stereocenters. The van der Waals surface area contributed by atoms with E-state index in [4.69, 9.17) is 14.6 Å². The number of esters is 1. The van der Waals surface area contributed by atoms with Crippen LogP contribution in [0.3, 0.4) is 0 Å². The van der Waals surface area contributed by atoms with Crippen LogP contribution in [0.5, 0.6) is 0 Å². The molecular formula is C22H30N2O6. The van der Waals surface area contributed by atoms with E-state index in [0.29, 0.717) is 25.9 Å². The fourth-order valence-corrected chi connectivity index (χ4v) is 5.26. The Kier molecular flexibility index (Phi) is 5.72. The Labute approximate surface area is 176 Å². The van der Waals surface area contributed by atoms with Gasteiger partial charge in [0.1, 0.15) is 24.2 Å². The molecule has 0 radical (unpaired) electrons. The van der Waals surface area contributed by atoms with Gasteiger partial charge in [0.05, 0.1) is 12.0 Å². The SMILES string of the molecule is CC(C)N1CC=C[C@]23O[C@@H]4C=CCOC(=O)[C@@H]4[C@H]2C(=O)N(CCCCCO)C3C1=O. The van der Waals surface area contributed by atoms with Crippen molar-refractivity contribution in [2.45, 2.75) is 56.9 Å². The number of cyclic esters (lactones) is 1. The topological polar surface area (TPSA) is 96.4 Å². The molecule has 4 aliphatic heterocycles. The van der Waals surface area contributed by atoms with Crippen LogP contribution in [0.15, 0.2) is 24.3 Å². The second-order valence-electron chi connectivity index (χ2n) is 8.70. The zero-order chi connectivity index (χ0) is 21.5. The molecule has 4 rings (SSSR count). The van der Waals surface area contributed by atoms with E-state index < -0.39 is 35.6 Å². The third kappa shape index (κ3) is 3.17. The summed E-state index contributed by atoms with van der Waals surface area (Å²) >= 11 is 0. The van der Waals surface area contributed by atoms with Crippen LogP contribution in [-0.4, -0.2) is 82.8 Å². The van der Waals surface area contributed by atoms with E-state index in [2.05, 4.69) is 0 Å². The zero-order valence-electron chi connectivity index (χ0n) is 17.5. The Hall–Kier alpha value is -2.19. The number of likely N-dealkylation sites (tertiary alicyclic amines) is 1. The van der Waals surface area contributed by atoms with E-state index in [1.807, 2.05) is 26.0 Å². The summed E-state index contributed by atoms with van der Waals surface area (Å²) in [7, 11) is 0. The van der Waals surface area contributed by atoms with Crippen LogP contribution in [0.4, 0.5) is 0 Å². The first-order valence-electron chi connectivity index (χ1n) is 10.8. The van der Waals surface area contributed by atoms with Gasteiger partial charge in [-0.25, -0.2) is 0 Å². The molecule has 8 heteroatoms. The van der Waals surface area contributed by atoms with Gasteiger partial charge in [-0.2, -0.15) is 0 Å². The van der Waals surface area contributed by atoms with Crippen LogP contribution in [-0.2, 0) is 23.9 Å². The lowest BCUT2D eigenvalue weighted by Crippen LogP contribution is -2.56. The van der Waals surface area contributed by atoms with E-state index in [1.165, 1.54) is 0 Å². The summed E-state index contributed by atoms with van der Waals surface area (Å²) in [6.45, 7) is 4.98. The summed E-state index contributed by atoms with van der Waals surface area (Å²) in [6, 6.07) is -0.835. The molecule has 164 valence electrons. The number of carbonyl (C=O) groups excluding carboxylic acids is 3. The summed E-state index contributed by atoms with van der Waals surface area (Å²) in [6.07, 6.45) is 8.71. The summed E-state index contributed by atoms with van der Waals surface area (Å²) in [5.74, 6) is -2.38. The van der Waals surface area contributed by atoms with Crippen molar-refractivity contribution in [2.24, 2.45) is 11.8 Å². The van der Waals surface area contributed by atoms with Crippen molar-refractivity contribution >= 4 is 17.8 Å². The van der Waals surface area contributed by atoms with Crippen LogP contribution in [0.25, 0.3) is 0 Å². The van der Waals surface area contributed by atoms with Crippen molar-refractivity contribution in [2.75, 3.05) is 26.3 Å². The highest BCUT2D eigenvalue weighted by atomic mass is 16.6. The largest absolute Gasteiger partial charge is 0.461 e. The highest BCUT2D eigenvalue weighted by Crippen LogP contribution is 2.53. The Morgan fingerprint density at radius 3 is 2.70 bits per heavy atom. The van der Waals surface area contributed by atoms with Gasteiger partial charge in [0, 0.05) is 25.7 Å². The fraction of sp³-hybridized carbons (Fsp3) is 0.682. The molecule has 2 fully saturated rings. The van der Waals surface area contributed by atoms with Crippen molar-refractivity contribution in [1.82, 2.24) is 9.80 Å². The molecule has 5 atom stereocenters. The van der Waals surface area contributed by atoms with Crippen molar-refractivity contribution < 1.29 is 29.0 Å². The summed E-state index contributed by atoms with van der Waals surface area (Å²) in [5.41, 5.74) is -1.18. The number of unbranched alkanes of at least 4 members (excludes halogenated alkanes) is 2. The van der Waals surface area contributed by atoms with E-state index in [0.717, 1.165) is 6.42 Å². The van der Waals surface area contributed by atoms with E-state index in [-0.39, 0.29) is 31.1 Å². The highest BCUT2D eigenvalue weighted by molar-refractivity contribution is 5.99. The van der Waals surface area contributed by atoms with E-state index >= 15 is 0 Å². The molecule has 0 saturated carbocycles. The van der Waals surface area contributed by atoms with Crippen LogP contribution < -0.4 is 0 Å². The smallest absolute Gasteiger partial charge is 0.313 e. The number of aliphatic hydroxyl groups is 1. The lowest BCUT2D eigenvalue weighted by atomic mass is 9.78. The molecule has 4 aliphatic rings. The Morgan fingerprint density at radius 2 is 1.97 bits per heavy atom. The van der Waals surface area contributed by atoms with Crippen molar-refractivity contribution in [1.29, 1.82) is 0 Å². The van der Waals surface area contributed by atoms with Crippen LogP contribution in [0.1, 0.15) is 33.1 Å². The minimum atomic E-state index is -1.18. The predicted octanol–water partition coefficient (Wildman–Crippen LogP) is 0.650. The van der Waals surface area contributed by atoms with Crippen molar-refractivity contribution in [3.05, 3.63) is 24.3 Å². The maximum Gasteiger partial charge on any atom is 0.313 e. The normalized spacial score (nSPS) is 35.3. The molecule has 1 N–H and O–H groups in total. The molecule has 1 spiro atoms. The first-order chi connectivity index (χ1) is 14.4. The van der Waals surface area contributed by atoms with Crippen molar-refractivity contribution in [3.63, 3.8) is 0 Å². The van der Waals surface area contributed by atoms with Gasteiger partial charge in [-0.15, -0.1) is 0 Å². The molecule has 8 nitrogen and oxygen atoms in total. The Bertz CT molecular complexity index is 778.